The number of hydrogen-bond acceptors (Lipinski definition) is 1. The van der Waals surface area contributed by atoms with Crippen molar-refractivity contribution in [1.82, 2.24) is 4.57 Å². The molecular weight excluding hydrogens is 653 g/mol. The molecule has 0 bridgehead atoms. The van der Waals surface area contributed by atoms with Gasteiger partial charge in [0.15, 0.2) is 0 Å². The molecule has 0 N–H and O–H groups in total. The van der Waals surface area contributed by atoms with Crippen molar-refractivity contribution >= 4 is 49.6 Å². The van der Waals surface area contributed by atoms with E-state index >= 15 is 0 Å². The van der Waals surface area contributed by atoms with Gasteiger partial charge < -0.3 is 9.47 Å². The van der Waals surface area contributed by atoms with E-state index in [0.717, 1.165) is 33.8 Å². The van der Waals surface area contributed by atoms with Gasteiger partial charge in [0, 0.05) is 27.6 Å². The first-order chi connectivity index (χ1) is 26.8. The highest BCUT2D eigenvalue weighted by atomic mass is 15.2. The van der Waals surface area contributed by atoms with E-state index in [1.165, 1.54) is 54.9 Å². The first kappa shape index (κ1) is 31.6. The Balaban J connectivity index is 1.30. The first-order valence-electron chi connectivity index (χ1n) is 18.5. The molecule has 9 aromatic carbocycles. The van der Waals surface area contributed by atoms with E-state index in [1.807, 2.05) is 0 Å². The minimum atomic E-state index is 1.10. The Morgan fingerprint density at radius 1 is 0.333 bits per heavy atom. The van der Waals surface area contributed by atoms with Gasteiger partial charge >= 0.3 is 0 Å². The monoisotopic (exact) mass is 688 g/mol. The molecule has 0 aliphatic heterocycles. The molecule has 2 nitrogen and oxygen atoms in total. The maximum atomic E-state index is 2.48. The number of benzene rings is 9. The van der Waals surface area contributed by atoms with E-state index < -0.39 is 0 Å². The van der Waals surface area contributed by atoms with Crippen LogP contribution in [0, 0.1) is 0 Å². The second-order valence-corrected chi connectivity index (χ2v) is 13.7. The van der Waals surface area contributed by atoms with Gasteiger partial charge in [0.2, 0.25) is 0 Å². The summed E-state index contributed by atoms with van der Waals surface area (Å²) >= 11 is 0. The van der Waals surface area contributed by atoms with E-state index in [9.17, 15) is 0 Å². The van der Waals surface area contributed by atoms with Crippen molar-refractivity contribution in [2.24, 2.45) is 0 Å². The van der Waals surface area contributed by atoms with Crippen LogP contribution in [0.25, 0.3) is 71.6 Å². The summed E-state index contributed by atoms with van der Waals surface area (Å²) in [6.07, 6.45) is 0. The maximum Gasteiger partial charge on any atom is 0.0562 e. The van der Waals surface area contributed by atoms with Crippen LogP contribution < -0.4 is 4.90 Å². The molecule has 0 amide bonds. The van der Waals surface area contributed by atoms with Gasteiger partial charge in [-0.15, -0.1) is 0 Å². The number of nitrogens with zero attached hydrogens (tertiary/aromatic N) is 2. The zero-order valence-electron chi connectivity index (χ0n) is 29.7. The van der Waals surface area contributed by atoms with Gasteiger partial charge in [-0.2, -0.15) is 0 Å². The second-order valence-electron chi connectivity index (χ2n) is 13.7. The van der Waals surface area contributed by atoms with Crippen LogP contribution in [-0.4, -0.2) is 4.57 Å². The lowest BCUT2D eigenvalue weighted by Gasteiger charge is -2.29. The lowest BCUT2D eigenvalue weighted by atomic mass is 9.97. The van der Waals surface area contributed by atoms with Gasteiger partial charge in [-0.25, -0.2) is 0 Å². The standard InChI is InChI=1S/C52H36N2/c1-5-18-37(19-6-1)42-32-33-44(38-20-7-2-8-21-38)50(36-42)54-47-29-16-15-28-45(47)52-48(30-17-31-49(52)54)53(43-26-11-4-12-27-43)51-35-41-25-14-13-24-40(41)34-46(51)39-22-9-3-10-23-39/h1-36H. The molecule has 10 aromatic rings. The summed E-state index contributed by atoms with van der Waals surface area (Å²) in [5.74, 6) is 0. The number of aromatic nitrogens is 1. The van der Waals surface area contributed by atoms with Crippen LogP contribution in [0.3, 0.4) is 0 Å². The maximum absolute atomic E-state index is 2.48. The number of fused-ring (bicyclic) bond motifs is 4. The molecule has 0 aliphatic rings. The molecule has 0 saturated heterocycles. The van der Waals surface area contributed by atoms with Crippen molar-refractivity contribution in [2.75, 3.05) is 4.90 Å². The summed E-state index contributed by atoms with van der Waals surface area (Å²) in [6.45, 7) is 0. The summed E-state index contributed by atoms with van der Waals surface area (Å²) in [4.78, 5) is 2.46. The van der Waals surface area contributed by atoms with Gasteiger partial charge in [-0.05, 0) is 81.6 Å². The van der Waals surface area contributed by atoms with E-state index in [0.29, 0.717) is 0 Å². The number of para-hydroxylation sites is 2. The number of anilines is 3. The van der Waals surface area contributed by atoms with E-state index in [4.69, 9.17) is 0 Å². The van der Waals surface area contributed by atoms with Crippen LogP contribution in [-0.2, 0) is 0 Å². The lowest BCUT2D eigenvalue weighted by Crippen LogP contribution is -2.12. The lowest BCUT2D eigenvalue weighted by molar-refractivity contribution is 1.18. The second kappa shape index (κ2) is 13.4. The molecule has 0 radical (unpaired) electrons. The minimum absolute atomic E-state index is 1.10. The largest absolute Gasteiger partial charge is 0.309 e. The van der Waals surface area contributed by atoms with Crippen LogP contribution >= 0.6 is 0 Å². The van der Waals surface area contributed by atoms with Gasteiger partial charge in [0.25, 0.3) is 0 Å². The van der Waals surface area contributed by atoms with Crippen molar-refractivity contribution < 1.29 is 0 Å². The fourth-order valence-electron chi connectivity index (χ4n) is 8.08. The number of rotatable bonds is 7. The first-order valence-corrected chi connectivity index (χ1v) is 18.5. The van der Waals surface area contributed by atoms with E-state index in [2.05, 4.69) is 228 Å². The van der Waals surface area contributed by atoms with Crippen LogP contribution in [0.5, 0.6) is 0 Å². The van der Waals surface area contributed by atoms with Gasteiger partial charge in [-0.1, -0.05) is 170 Å². The minimum Gasteiger partial charge on any atom is -0.309 e. The molecule has 0 aliphatic carbocycles. The summed E-state index contributed by atoms with van der Waals surface area (Å²) in [5, 5.41) is 4.83. The SMILES string of the molecule is c1ccc(-c2ccc(-c3ccccc3)c(-n3c4ccccc4c4c(N(c5ccccc5)c5cc6ccccc6cc5-c5ccccc5)cccc43)c2)cc1. The van der Waals surface area contributed by atoms with Crippen LogP contribution in [0.15, 0.2) is 218 Å². The molecule has 2 heteroatoms. The third-order valence-corrected chi connectivity index (χ3v) is 10.6. The van der Waals surface area contributed by atoms with Crippen LogP contribution in [0.4, 0.5) is 17.1 Å². The smallest absolute Gasteiger partial charge is 0.0562 e. The average Bonchev–Trinajstić information content (AvgIpc) is 3.59. The number of hydrogen-bond donors (Lipinski definition) is 0. The summed E-state index contributed by atoms with van der Waals surface area (Å²) < 4.78 is 2.48. The summed E-state index contributed by atoms with van der Waals surface area (Å²) in [5.41, 5.74) is 13.9. The normalized spacial score (nSPS) is 11.3. The van der Waals surface area contributed by atoms with Crippen LogP contribution in [0.2, 0.25) is 0 Å². The molecule has 0 saturated carbocycles. The third kappa shape index (κ3) is 5.44. The van der Waals surface area contributed by atoms with Crippen molar-refractivity contribution in [2.45, 2.75) is 0 Å². The van der Waals surface area contributed by atoms with Gasteiger partial charge in [0.05, 0.1) is 28.1 Å². The molecule has 54 heavy (non-hydrogen) atoms. The van der Waals surface area contributed by atoms with Gasteiger partial charge in [-0.3, -0.25) is 0 Å². The highest BCUT2D eigenvalue weighted by Gasteiger charge is 2.24. The Morgan fingerprint density at radius 3 is 1.59 bits per heavy atom. The van der Waals surface area contributed by atoms with E-state index in [-0.39, 0.29) is 0 Å². The molecule has 0 atom stereocenters. The predicted octanol–water partition coefficient (Wildman–Crippen LogP) is 14.4. The van der Waals surface area contributed by atoms with Gasteiger partial charge in [0.1, 0.15) is 0 Å². The Hall–Kier alpha value is -7.16. The molecule has 0 unspecified atom stereocenters. The molecule has 10 rings (SSSR count). The van der Waals surface area contributed by atoms with E-state index in [1.54, 1.807) is 0 Å². The molecule has 254 valence electrons. The fourth-order valence-corrected chi connectivity index (χ4v) is 8.08. The highest BCUT2D eigenvalue weighted by molar-refractivity contribution is 6.17. The summed E-state index contributed by atoms with van der Waals surface area (Å²) in [7, 11) is 0. The Kier molecular flexibility index (Phi) is 7.85. The van der Waals surface area contributed by atoms with Crippen molar-refractivity contribution in [3.05, 3.63) is 218 Å². The zero-order chi connectivity index (χ0) is 35.8. The molecule has 1 aromatic heterocycles. The van der Waals surface area contributed by atoms with Crippen molar-refractivity contribution in [3.63, 3.8) is 0 Å². The molecular formula is C52H36N2. The van der Waals surface area contributed by atoms with Crippen molar-refractivity contribution in [3.8, 4) is 39.1 Å². The zero-order valence-corrected chi connectivity index (χ0v) is 29.7. The third-order valence-electron chi connectivity index (χ3n) is 10.6. The Bertz CT molecular complexity index is 2910. The predicted molar refractivity (Wildman–Crippen MR) is 229 cm³/mol. The van der Waals surface area contributed by atoms with Crippen molar-refractivity contribution in [1.29, 1.82) is 0 Å². The average molecular weight is 689 g/mol. The summed E-state index contributed by atoms with van der Waals surface area (Å²) in [6, 6.07) is 79.0. The molecule has 0 fully saturated rings. The highest BCUT2D eigenvalue weighted by Crippen LogP contribution is 2.48. The molecule has 0 spiro atoms. The fraction of sp³-hybridized carbons (Fsp3) is 0. The Labute approximate surface area is 315 Å². The topological polar surface area (TPSA) is 8.17 Å². The Morgan fingerprint density at radius 2 is 0.889 bits per heavy atom. The molecule has 1 heterocycles. The van der Waals surface area contributed by atoms with Crippen LogP contribution in [0.1, 0.15) is 0 Å². The quantitative estimate of drug-likeness (QED) is 0.162.